The quantitative estimate of drug-likeness (QED) is 0.739. The fraction of sp³-hybridized carbons (Fsp3) is 0.533. The van der Waals surface area contributed by atoms with Crippen LogP contribution in [0.2, 0.25) is 0 Å². The van der Waals surface area contributed by atoms with E-state index in [1.807, 2.05) is 23.1 Å². The molecule has 0 aliphatic carbocycles. The van der Waals surface area contributed by atoms with Gasteiger partial charge in [0.05, 0.1) is 12.8 Å². The van der Waals surface area contributed by atoms with Crippen molar-refractivity contribution in [1.29, 1.82) is 0 Å². The molecule has 2 aliphatic rings. The Morgan fingerprint density at radius 3 is 3.00 bits per heavy atom. The minimum absolute atomic E-state index is 0.203. The molecule has 0 unspecified atom stereocenters. The van der Waals surface area contributed by atoms with Crippen LogP contribution in [0.3, 0.4) is 0 Å². The van der Waals surface area contributed by atoms with E-state index in [1.165, 1.54) is 0 Å². The summed E-state index contributed by atoms with van der Waals surface area (Å²) in [4.78, 5) is 13.8. The maximum absolute atomic E-state index is 12.2. The smallest absolute Gasteiger partial charge is 0.227 e. The molecule has 102 valence electrons. The molecular weight excluding hydrogens is 262 g/mol. The van der Waals surface area contributed by atoms with Crippen LogP contribution in [0.15, 0.2) is 18.2 Å². The van der Waals surface area contributed by atoms with Gasteiger partial charge in [0.2, 0.25) is 5.91 Å². The highest BCUT2D eigenvalue weighted by Gasteiger charge is 2.41. The molecule has 1 aromatic rings. The molecule has 0 spiro atoms. The molecule has 2 atom stereocenters. The Morgan fingerprint density at radius 1 is 1.47 bits per heavy atom. The molecule has 19 heavy (non-hydrogen) atoms. The molecule has 0 bridgehead atoms. The lowest BCUT2D eigenvalue weighted by Crippen LogP contribution is -2.35. The number of fused-ring (bicyclic) bond motifs is 3. The number of ether oxygens (including phenoxy) is 1. The van der Waals surface area contributed by atoms with Crippen molar-refractivity contribution in [3.05, 3.63) is 23.8 Å². The minimum Gasteiger partial charge on any atom is -0.497 e. The van der Waals surface area contributed by atoms with Crippen molar-refractivity contribution in [2.75, 3.05) is 12.0 Å². The van der Waals surface area contributed by atoms with Crippen LogP contribution in [0.1, 0.15) is 31.7 Å². The fourth-order valence-corrected chi connectivity index (χ4v) is 3.59. The second kappa shape index (κ2) is 4.41. The Bertz CT molecular complexity index is 527. The molecule has 0 radical (unpaired) electrons. The molecule has 0 N–H and O–H groups in total. The normalized spacial score (nSPS) is 29.7. The van der Waals surface area contributed by atoms with E-state index in [0.717, 1.165) is 36.3 Å². The highest BCUT2D eigenvalue weighted by atomic mass is 35.5. The van der Waals surface area contributed by atoms with Gasteiger partial charge in [-0.3, -0.25) is 4.79 Å². The second-order valence-electron chi connectivity index (χ2n) is 5.75. The Hall–Kier alpha value is -1.22. The summed E-state index contributed by atoms with van der Waals surface area (Å²) in [5, 5.41) is 0. The summed E-state index contributed by atoms with van der Waals surface area (Å²) in [7, 11) is 1.65. The molecule has 1 amide bonds. The predicted molar refractivity (Wildman–Crippen MR) is 76.1 cm³/mol. The van der Waals surface area contributed by atoms with Gasteiger partial charge in [-0.1, -0.05) is 6.07 Å². The van der Waals surface area contributed by atoms with E-state index in [2.05, 4.69) is 6.92 Å². The molecule has 2 heterocycles. The van der Waals surface area contributed by atoms with Gasteiger partial charge in [0, 0.05) is 23.4 Å². The lowest BCUT2D eigenvalue weighted by Gasteiger charge is -2.26. The van der Waals surface area contributed by atoms with Crippen LogP contribution < -0.4 is 9.64 Å². The molecule has 1 aromatic carbocycles. The van der Waals surface area contributed by atoms with Crippen molar-refractivity contribution < 1.29 is 9.53 Å². The van der Waals surface area contributed by atoms with Crippen LogP contribution in [0.5, 0.6) is 5.75 Å². The Balaban J connectivity index is 2.13. The van der Waals surface area contributed by atoms with Crippen molar-refractivity contribution in [2.24, 2.45) is 0 Å². The maximum Gasteiger partial charge on any atom is 0.227 e. The lowest BCUT2D eigenvalue weighted by atomic mass is 9.94. The SMILES string of the molecule is COc1ccc2c(c1)N1C(=O)CC[C@@H]1C[C@](C)(Cl)C2. The summed E-state index contributed by atoms with van der Waals surface area (Å²) in [6.07, 6.45) is 3.15. The standard InChI is InChI=1S/C15H18ClNO2/c1-15(16)8-10-3-5-12(19-2)7-13(10)17-11(9-15)4-6-14(17)18/h3,5,7,11H,4,6,8-9H2,1-2H3/t11-,15-/m1/s1. The average Bonchev–Trinajstić information content (AvgIpc) is 2.64. The molecule has 3 rings (SSSR count). The lowest BCUT2D eigenvalue weighted by molar-refractivity contribution is -0.117. The Labute approximate surface area is 118 Å². The van der Waals surface area contributed by atoms with E-state index in [0.29, 0.717) is 6.42 Å². The first-order valence-corrected chi connectivity index (χ1v) is 7.06. The van der Waals surface area contributed by atoms with Gasteiger partial charge >= 0.3 is 0 Å². The van der Waals surface area contributed by atoms with Crippen LogP contribution in [0.25, 0.3) is 0 Å². The van der Waals surface area contributed by atoms with Crippen molar-refractivity contribution in [2.45, 2.75) is 43.5 Å². The molecule has 0 aromatic heterocycles. The number of benzene rings is 1. The number of hydrogen-bond acceptors (Lipinski definition) is 2. The van der Waals surface area contributed by atoms with Crippen LogP contribution in [0.4, 0.5) is 5.69 Å². The number of methoxy groups -OCH3 is 1. The van der Waals surface area contributed by atoms with Crippen molar-refractivity contribution in [3.63, 3.8) is 0 Å². The van der Waals surface area contributed by atoms with Crippen molar-refractivity contribution in [3.8, 4) is 5.75 Å². The number of halogens is 1. The fourth-order valence-electron chi connectivity index (χ4n) is 3.27. The van der Waals surface area contributed by atoms with E-state index in [1.54, 1.807) is 7.11 Å². The number of amides is 1. The number of carbonyl (C=O) groups excluding carboxylic acids is 1. The molecule has 0 saturated carbocycles. The zero-order valence-electron chi connectivity index (χ0n) is 11.3. The Morgan fingerprint density at radius 2 is 2.26 bits per heavy atom. The number of rotatable bonds is 1. The molecule has 2 aliphatic heterocycles. The highest BCUT2D eigenvalue weighted by Crippen LogP contribution is 2.42. The van der Waals surface area contributed by atoms with Crippen molar-refractivity contribution in [1.82, 2.24) is 0 Å². The van der Waals surface area contributed by atoms with Gasteiger partial charge in [-0.25, -0.2) is 0 Å². The molecule has 3 nitrogen and oxygen atoms in total. The summed E-state index contributed by atoms with van der Waals surface area (Å²) < 4.78 is 5.29. The van der Waals surface area contributed by atoms with Crippen LogP contribution in [-0.4, -0.2) is 23.9 Å². The highest BCUT2D eigenvalue weighted by molar-refractivity contribution is 6.24. The summed E-state index contributed by atoms with van der Waals surface area (Å²) in [5.41, 5.74) is 2.12. The molecule has 4 heteroatoms. The first-order valence-electron chi connectivity index (χ1n) is 6.68. The van der Waals surface area contributed by atoms with Gasteiger partial charge in [-0.2, -0.15) is 0 Å². The number of hydrogen-bond donors (Lipinski definition) is 0. The molecule has 1 fully saturated rings. The zero-order chi connectivity index (χ0) is 13.6. The third kappa shape index (κ3) is 2.20. The van der Waals surface area contributed by atoms with E-state index < -0.39 is 0 Å². The van der Waals surface area contributed by atoms with Crippen LogP contribution in [0, 0.1) is 0 Å². The van der Waals surface area contributed by atoms with Gasteiger partial charge in [-0.15, -0.1) is 11.6 Å². The van der Waals surface area contributed by atoms with Gasteiger partial charge in [-0.05, 0) is 37.8 Å². The van der Waals surface area contributed by atoms with E-state index in [4.69, 9.17) is 16.3 Å². The monoisotopic (exact) mass is 279 g/mol. The van der Waals surface area contributed by atoms with Gasteiger partial charge in [0.1, 0.15) is 5.75 Å². The third-order valence-electron chi connectivity index (χ3n) is 4.10. The average molecular weight is 280 g/mol. The summed E-state index contributed by atoms with van der Waals surface area (Å²) >= 11 is 6.62. The van der Waals surface area contributed by atoms with E-state index >= 15 is 0 Å². The zero-order valence-corrected chi connectivity index (χ0v) is 12.0. The second-order valence-corrected chi connectivity index (χ2v) is 6.66. The van der Waals surface area contributed by atoms with Gasteiger partial charge in [0.25, 0.3) is 0 Å². The van der Waals surface area contributed by atoms with Gasteiger partial charge < -0.3 is 9.64 Å². The first kappa shape index (κ1) is 12.8. The number of anilines is 1. The van der Waals surface area contributed by atoms with E-state index in [9.17, 15) is 4.79 Å². The summed E-state index contributed by atoms with van der Waals surface area (Å²) in [6.45, 7) is 2.06. The third-order valence-corrected chi connectivity index (χ3v) is 4.39. The molecular formula is C15H18ClNO2. The molecule has 1 saturated heterocycles. The topological polar surface area (TPSA) is 29.5 Å². The maximum atomic E-state index is 12.2. The Kier molecular flexibility index (Phi) is 2.97. The summed E-state index contributed by atoms with van der Waals surface area (Å²) in [6, 6.07) is 6.16. The number of nitrogens with zero attached hydrogens (tertiary/aromatic N) is 1. The van der Waals surface area contributed by atoms with Crippen LogP contribution >= 0.6 is 11.6 Å². The number of carbonyl (C=O) groups is 1. The number of alkyl halides is 1. The first-order chi connectivity index (χ1) is 9.00. The van der Waals surface area contributed by atoms with Crippen molar-refractivity contribution >= 4 is 23.2 Å². The van der Waals surface area contributed by atoms with E-state index in [-0.39, 0.29) is 16.8 Å². The van der Waals surface area contributed by atoms with Gasteiger partial charge in [0.15, 0.2) is 0 Å². The summed E-state index contributed by atoms with van der Waals surface area (Å²) in [5.74, 6) is 0.990. The minimum atomic E-state index is -0.284. The van der Waals surface area contributed by atoms with Crippen LogP contribution in [-0.2, 0) is 11.2 Å². The predicted octanol–water partition coefficient (Wildman–Crippen LogP) is 3.13. The largest absolute Gasteiger partial charge is 0.497 e.